The second kappa shape index (κ2) is 4.53. The van der Waals surface area contributed by atoms with Crippen LogP contribution in [0.3, 0.4) is 0 Å². The lowest BCUT2D eigenvalue weighted by Gasteiger charge is -2.07. The molecular weight excluding hydrogens is 252 g/mol. The number of phenolic OH excluding ortho intramolecular Hbond substituents is 1. The van der Waals surface area contributed by atoms with E-state index < -0.39 is 0 Å². The van der Waals surface area contributed by atoms with E-state index in [0.29, 0.717) is 16.5 Å². The van der Waals surface area contributed by atoms with Crippen LogP contribution in [0, 0.1) is 13.8 Å². The van der Waals surface area contributed by atoms with Crippen LogP contribution < -0.4 is 5.63 Å². The normalized spacial score (nSPS) is 10.9. The number of hydrogen-bond donors (Lipinski definition) is 1. The van der Waals surface area contributed by atoms with Gasteiger partial charge in [0.05, 0.1) is 5.56 Å². The SMILES string of the molecule is Cc1ccc(C)c(-c2cc3cc(O)ccc3oc2=O)c1. The number of aromatic hydroxyl groups is 1. The fraction of sp³-hybridized carbons (Fsp3) is 0.118. The maximum atomic E-state index is 12.2. The van der Waals surface area contributed by atoms with Gasteiger partial charge in [0, 0.05) is 5.39 Å². The molecule has 0 saturated heterocycles. The van der Waals surface area contributed by atoms with Gasteiger partial charge in [-0.3, -0.25) is 0 Å². The van der Waals surface area contributed by atoms with Crippen molar-refractivity contribution in [1.29, 1.82) is 0 Å². The monoisotopic (exact) mass is 266 g/mol. The molecule has 20 heavy (non-hydrogen) atoms. The van der Waals surface area contributed by atoms with Gasteiger partial charge >= 0.3 is 5.63 Å². The molecule has 0 atom stereocenters. The predicted molar refractivity (Wildman–Crippen MR) is 79.1 cm³/mol. The summed E-state index contributed by atoms with van der Waals surface area (Å²) in [5.41, 5.74) is 3.59. The van der Waals surface area contributed by atoms with Crippen LogP contribution in [-0.4, -0.2) is 5.11 Å². The second-order valence-corrected chi connectivity index (χ2v) is 4.99. The lowest BCUT2D eigenvalue weighted by molar-refractivity contribution is 0.475. The molecule has 3 aromatic rings. The van der Waals surface area contributed by atoms with Crippen molar-refractivity contribution in [1.82, 2.24) is 0 Å². The smallest absolute Gasteiger partial charge is 0.344 e. The largest absolute Gasteiger partial charge is 0.508 e. The van der Waals surface area contributed by atoms with Crippen molar-refractivity contribution in [3.05, 3.63) is 64.0 Å². The third-order valence-electron chi connectivity index (χ3n) is 3.40. The second-order valence-electron chi connectivity index (χ2n) is 4.99. The molecule has 0 unspecified atom stereocenters. The first-order chi connectivity index (χ1) is 9.54. The average Bonchev–Trinajstić information content (AvgIpc) is 2.41. The van der Waals surface area contributed by atoms with Crippen molar-refractivity contribution in [3.8, 4) is 16.9 Å². The fourth-order valence-corrected chi connectivity index (χ4v) is 2.32. The van der Waals surface area contributed by atoms with E-state index >= 15 is 0 Å². The molecule has 0 aliphatic carbocycles. The molecule has 0 aliphatic rings. The Labute approximate surface area is 116 Å². The topological polar surface area (TPSA) is 50.4 Å². The van der Waals surface area contributed by atoms with Crippen molar-refractivity contribution < 1.29 is 9.52 Å². The van der Waals surface area contributed by atoms with Gasteiger partial charge in [0.2, 0.25) is 0 Å². The molecule has 0 radical (unpaired) electrons. The summed E-state index contributed by atoms with van der Waals surface area (Å²) < 4.78 is 5.33. The Balaban J connectivity index is 2.33. The van der Waals surface area contributed by atoms with Crippen molar-refractivity contribution >= 4 is 11.0 Å². The van der Waals surface area contributed by atoms with Gasteiger partial charge in [-0.25, -0.2) is 4.79 Å². The third-order valence-corrected chi connectivity index (χ3v) is 3.40. The molecule has 3 heteroatoms. The van der Waals surface area contributed by atoms with E-state index in [-0.39, 0.29) is 11.4 Å². The first-order valence-electron chi connectivity index (χ1n) is 6.39. The maximum Gasteiger partial charge on any atom is 0.344 e. The molecule has 0 fully saturated rings. The van der Waals surface area contributed by atoms with E-state index in [1.807, 2.05) is 32.0 Å². The Kier molecular flexibility index (Phi) is 2.83. The van der Waals surface area contributed by atoms with Crippen LogP contribution in [0.15, 0.2) is 51.7 Å². The molecule has 1 N–H and O–H groups in total. The molecule has 0 saturated carbocycles. The third kappa shape index (κ3) is 2.07. The van der Waals surface area contributed by atoms with Crippen molar-refractivity contribution in [3.63, 3.8) is 0 Å². The van der Waals surface area contributed by atoms with Gasteiger partial charge in [0.15, 0.2) is 0 Å². The maximum absolute atomic E-state index is 12.2. The first-order valence-corrected chi connectivity index (χ1v) is 6.39. The number of hydrogen-bond acceptors (Lipinski definition) is 3. The minimum absolute atomic E-state index is 0.151. The zero-order valence-electron chi connectivity index (χ0n) is 11.3. The number of rotatable bonds is 1. The minimum Gasteiger partial charge on any atom is -0.508 e. The Hall–Kier alpha value is -2.55. The summed E-state index contributed by atoms with van der Waals surface area (Å²) in [6, 6.07) is 12.4. The van der Waals surface area contributed by atoms with E-state index in [4.69, 9.17) is 4.42 Å². The number of aryl methyl sites for hydroxylation is 2. The van der Waals surface area contributed by atoms with Crippen molar-refractivity contribution in [2.24, 2.45) is 0 Å². The number of fused-ring (bicyclic) bond motifs is 1. The van der Waals surface area contributed by atoms with Crippen LogP contribution in [0.25, 0.3) is 22.1 Å². The van der Waals surface area contributed by atoms with Crippen molar-refractivity contribution in [2.75, 3.05) is 0 Å². The van der Waals surface area contributed by atoms with Gasteiger partial charge in [0.25, 0.3) is 0 Å². The summed E-state index contributed by atoms with van der Waals surface area (Å²) in [5.74, 6) is 0.151. The Bertz CT molecular complexity index is 860. The molecule has 0 spiro atoms. The minimum atomic E-state index is -0.364. The summed E-state index contributed by atoms with van der Waals surface area (Å²) in [4.78, 5) is 12.2. The molecule has 0 amide bonds. The van der Waals surface area contributed by atoms with Gasteiger partial charge in [-0.2, -0.15) is 0 Å². The molecule has 0 aliphatic heterocycles. The summed E-state index contributed by atoms with van der Waals surface area (Å²) in [5, 5.41) is 10.2. The zero-order valence-corrected chi connectivity index (χ0v) is 11.3. The molecule has 3 nitrogen and oxygen atoms in total. The molecule has 3 rings (SSSR count). The van der Waals surface area contributed by atoms with E-state index in [0.717, 1.165) is 16.7 Å². The predicted octanol–water partition coefficient (Wildman–Crippen LogP) is 3.78. The zero-order chi connectivity index (χ0) is 14.3. The van der Waals surface area contributed by atoms with Crippen LogP contribution in [0.2, 0.25) is 0 Å². The molecule has 1 aromatic heterocycles. The average molecular weight is 266 g/mol. The van der Waals surface area contributed by atoms with Gasteiger partial charge in [-0.05, 0) is 49.2 Å². The van der Waals surface area contributed by atoms with Crippen LogP contribution in [0.1, 0.15) is 11.1 Å². The fourth-order valence-electron chi connectivity index (χ4n) is 2.32. The van der Waals surface area contributed by atoms with Crippen LogP contribution >= 0.6 is 0 Å². The van der Waals surface area contributed by atoms with E-state index in [1.54, 1.807) is 18.2 Å². The Morgan fingerprint density at radius 1 is 0.950 bits per heavy atom. The summed E-state index contributed by atoms with van der Waals surface area (Å²) in [7, 11) is 0. The van der Waals surface area contributed by atoms with Crippen molar-refractivity contribution in [2.45, 2.75) is 13.8 Å². The van der Waals surface area contributed by atoms with E-state index in [1.165, 1.54) is 6.07 Å². The quantitative estimate of drug-likeness (QED) is 0.682. The summed E-state index contributed by atoms with van der Waals surface area (Å²) in [6.07, 6.45) is 0. The molecule has 2 aromatic carbocycles. The van der Waals surface area contributed by atoms with Gasteiger partial charge in [-0.1, -0.05) is 23.8 Å². The lowest BCUT2D eigenvalue weighted by Crippen LogP contribution is -2.03. The van der Waals surface area contributed by atoms with Crippen LogP contribution in [-0.2, 0) is 0 Å². The van der Waals surface area contributed by atoms with Gasteiger partial charge < -0.3 is 9.52 Å². The molecular formula is C17H14O3. The number of phenols is 1. The highest BCUT2D eigenvalue weighted by Crippen LogP contribution is 2.26. The van der Waals surface area contributed by atoms with Crippen LogP contribution in [0.4, 0.5) is 0 Å². The Morgan fingerprint density at radius 2 is 1.75 bits per heavy atom. The highest BCUT2D eigenvalue weighted by atomic mass is 16.4. The molecule has 0 bridgehead atoms. The highest BCUT2D eigenvalue weighted by Gasteiger charge is 2.10. The Morgan fingerprint density at radius 3 is 2.55 bits per heavy atom. The van der Waals surface area contributed by atoms with E-state index in [9.17, 15) is 9.90 Å². The molecule has 100 valence electrons. The summed E-state index contributed by atoms with van der Waals surface area (Å²) in [6.45, 7) is 3.94. The summed E-state index contributed by atoms with van der Waals surface area (Å²) >= 11 is 0. The van der Waals surface area contributed by atoms with E-state index in [2.05, 4.69) is 0 Å². The highest BCUT2D eigenvalue weighted by molar-refractivity contribution is 5.83. The first kappa shape index (κ1) is 12.5. The molecule has 1 heterocycles. The van der Waals surface area contributed by atoms with Crippen LogP contribution in [0.5, 0.6) is 5.75 Å². The number of benzene rings is 2. The van der Waals surface area contributed by atoms with Gasteiger partial charge in [-0.15, -0.1) is 0 Å². The standard InChI is InChI=1S/C17H14O3/c1-10-3-4-11(2)14(7-10)15-9-12-8-13(18)5-6-16(12)20-17(15)19/h3-9,18H,1-2H3. The van der Waals surface area contributed by atoms with Gasteiger partial charge in [0.1, 0.15) is 11.3 Å². The lowest BCUT2D eigenvalue weighted by atomic mass is 9.99.